The lowest BCUT2D eigenvalue weighted by atomic mass is 9.95. The Labute approximate surface area is 136 Å². The average molecular weight is 299 g/mol. The minimum absolute atomic E-state index is 0.860. The number of fused-ring (bicyclic) bond motifs is 2. The van der Waals surface area contributed by atoms with Gasteiger partial charge in [-0.1, -0.05) is 48.5 Å². The van der Waals surface area contributed by atoms with E-state index in [1.54, 1.807) is 7.11 Å². The fourth-order valence-corrected chi connectivity index (χ4v) is 2.95. The van der Waals surface area contributed by atoms with Crippen LogP contribution in [0.4, 0.5) is 11.4 Å². The molecule has 0 fully saturated rings. The van der Waals surface area contributed by atoms with Gasteiger partial charge in [-0.05, 0) is 47.0 Å². The summed E-state index contributed by atoms with van der Waals surface area (Å²) < 4.78 is 5.43. The maximum atomic E-state index is 5.43. The SMILES string of the molecule is COc1ccc2c(c1)C(c1ccccc1)=Cc1ccccc1N2. The molecule has 1 aliphatic rings. The van der Waals surface area contributed by atoms with Gasteiger partial charge in [0.2, 0.25) is 0 Å². The second-order valence-electron chi connectivity index (χ2n) is 5.55. The Bertz CT molecular complexity index is 881. The van der Waals surface area contributed by atoms with Gasteiger partial charge in [0.1, 0.15) is 5.75 Å². The maximum Gasteiger partial charge on any atom is 0.119 e. The van der Waals surface area contributed by atoms with E-state index in [2.05, 4.69) is 72.1 Å². The fourth-order valence-electron chi connectivity index (χ4n) is 2.95. The summed E-state index contributed by atoms with van der Waals surface area (Å²) in [6, 6.07) is 25.0. The van der Waals surface area contributed by atoms with Crippen molar-refractivity contribution >= 4 is 23.0 Å². The molecule has 0 radical (unpaired) electrons. The van der Waals surface area contributed by atoms with Gasteiger partial charge < -0.3 is 10.1 Å². The third-order valence-electron chi connectivity index (χ3n) is 4.13. The van der Waals surface area contributed by atoms with Crippen LogP contribution in [0.1, 0.15) is 16.7 Å². The Kier molecular flexibility index (Phi) is 3.35. The number of ether oxygens (including phenoxy) is 1. The molecule has 2 nitrogen and oxygen atoms in total. The van der Waals surface area contributed by atoms with E-state index in [-0.39, 0.29) is 0 Å². The van der Waals surface area contributed by atoms with Crippen LogP contribution in [0.25, 0.3) is 11.6 Å². The van der Waals surface area contributed by atoms with Crippen LogP contribution >= 0.6 is 0 Å². The van der Waals surface area contributed by atoms with Crippen molar-refractivity contribution in [3.63, 3.8) is 0 Å². The minimum Gasteiger partial charge on any atom is -0.497 e. The van der Waals surface area contributed by atoms with E-state index in [0.29, 0.717) is 0 Å². The Morgan fingerprint density at radius 2 is 1.57 bits per heavy atom. The molecule has 3 aromatic rings. The van der Waals surface area contributed by atoms with Gasteiger partial charge in [-0.15, -0.1) is 0 Å². The zero-order chi connectivity index (χ0) is 15.6. The number of methoxy groups -OCH3 is 1. The molecular weight excluding hydrogens is 282 g/mol. The van der Waals surface area contributed by atoms with Gasteiger partial charge in [0.05, 0.1) is 7.11 Å². The molecule has 0 atom stereocenters. The number of para-hydroxylation sites is 1. The molecule has 4 rings (SSSR count). The van der Waals surface area contributed by atoms with Crippen molar-refractivity contribution in [3.8, 4) is 5.75 Å². The van der Waals surface area contributed by atoms with Crippen molar-refractivity contribution in [2.45, 2.75) is 0 Å². The molecule has 1 heterocycles. The molecule has 0 spiro atoms. The minimum atomic E-state index is 0.860. The van der Waals surface area contributed by atoms with E-state index in [1.807, 2.05) is 12.1 Å². The highest BCUT2D eigenvalue weighted by atomic mass is 16.5. The van der Waals surface area contributed by atoms with Crippen molar-refractivity contribution in [1.29, 1.82) is 0 Å². The second-order valence-corrected chi connectivity index (χ2v) is 5.55. The summed E-state index contributed by atoms with van der Waals surface area (Å²) in [5, 5.41) is 3.55. The smallest absolute Gasteiger partial charge is 0.119 e. The molecule has 1 aliphatic heterocycles. The number of anilines is 2. The Hall–Kier alpha value is -3.00. The van der Waals surface area contributed by atoms with E-state index in [9.17, 15) is 0 Å². The Morgan fingerprint density at radius 3 is 2.39 bits per heavy atom. The van der Waals surface area contributed by atoms with Gasteiger partial charge in [0, 0.05) is 16.9 Å². The summed E-state index contributed by atoms with van der Waals surface area (Å²) in [5.74, 6) is 0.860. The lowest BCUT2D eigenvalue weighted by molar-refractivity contribution is 0.415. The van der Waals surface area contributed by atoms with Crippen molar-refractivity contribution in [2.75, 3.05) is 12.4 Å². The van der Waals surface area contributed by atoms with E-state index in [0.717, 1.165) is 22.7 Å². The van der Waals surface area contributed by atoms with Crippen LogP contribution in [0.2, 0.25) is 0 Å². The van der Waals surface area contributed by atoms with Crippen molar-refractivity contribution < 1.29 is 4.74 Å². The van der Waals surface area contributed by atoms with Crippen LogP contribution < -0.4 is 10.1 Å². The van der Waals surface area contributed by atoms with Crippen molar-refractivity contribution in [3.05, 3.63) is 89.5 Å². The normalized spacial score (nSPS) is 12.3. The summed E-state index contributed by atoms with van der Waals surface area (Å²) in [4.78, 5) is 0. The van der Waals surface area contributed by atoms with E-state index in [4.69, 9.17) is 4.74 Å². The molecule has 0 aliphatic carbocycles. The highest BCUT2D eigenvalue weighted by molar-refractivity contribution is 6.00. The first-order chi connectivity index (χ1) is 11.3. The molecule has 0 bridgehead atoms. The first kappa shape index (κ1) is 13.6. The zero-order valence-corrected chi connectivity index (χ0v) is 12.9. The van der Waals surface area contributed by atoms with Crippen molar-refractivity contribution in [1.82, 2.24) is 0 Å². The summed E-state index contributed by atoms with van der Waals surface area (Å²) in [6.07, 6.45) is 2.24. The molecule has 1 N–H and O–H groups in total. The summed E-state index contributed by atoms with van der Waals surface area (Å²) in [5.41, 5.74) is 6.92. The van der Waals surface area contributed by atoms with Gasteiger partial charge in [-0.2, -0.15) is 0 Å². The quantitative estimate of drug-likeness (QED) is 0.539. The van der Waals surface area contributed by atoms with Crippen LogP contribution in [0.15, 0.2) is 72.8 Å². The number of rotatable bonds is 2. The van der Waals surface area contributed by atoms with Crippen LogP contribution in [0.3, 0.4) is 0 Å². The highest BCUT2D eigenvalue weighted by Gasteiger charge is 2.16. The van der Waals surface area contributed by atoms with Gasteiger partial charge in [-0.25, -0.2) is 0 Å². The third-order valence-corrected chi connectivity index (χ3v) is 4.13. The first-order valence-corrected chi connectivity index (χ1v) is 7.67. The molecule has 0 amide bonds. The van der Waals surface area contributed by atoms with E-state index < -0.39 is 0 Å². The Morgan fingerprint density at radius 1 is 0.783 bits per heavy atom. The second kappa shape index (κ2) is 5.65. The Balaban J connectivity index is 1.99. The molecule has 0 saturated heterocycles. The predicted molar refractivity (Wildman–Crippen MR) is 96.1 cm³/mol. The number of hydrogen-bond donors (Lipinski definition) is 1. The van der Waals surface area contributed by atoms with Crippen LogP contribution in [0, 0.1) is 0 Å². The first-order valence-electron chi connectivity index (χ1n) is 7.67. The molecule has 0 unspecified atom stereocenters. The van der Waals surface area contributed by atoms with Gasteiger partial charge in [0.25, 0.3) is 0 Å². The fraction of sp³-hybridized carbons (Fsp3) is 0.0476. The topological polar surface area (TPSA) is 21.3 Å². The highest BCUT2D eigenvalue weighted by Crippen LogP contribution is 2.39. The number of hydrogen-bond acceptors (Lipinski definition) is 2. The van der Waals surface area contributed by atoms with Crippen LogP contribution in [-0.4, -0.2) is 7.11 Å². The van der Waals surface area contributed by atoms with E-state index >= 15 is 0 Å². The van der Waals surface area contributed by atoms with Gasteiger partial charge in [-0.3, -0.25) is 0 Å². The van der Waals surface area contributed by atoms with E-state index in [1.165, 1.54) is 16.7 Å². The standard InChI is InChI=1S/C21H17NO/c1-23-17-11-12-21-19(14-17)18(15-7-3-2-4-8-15)13-16-9-5-6-10-20(16)22-21/h2-14,22H,1H3. The lowest BCUT2D eigenvalue weighted by Gasteiger charge is -2.14. The molecule has 23 heavy (non-hydrogen) atoms. The number of nitrogens with one attached hydrogen (secondary N) is 1. The third kappa shape index (κ3) is 2.49. The maximum absolute atomic E-state index is 5.43. The summed E-state index contributed by atoms with van der Waals surface area (Å²) in [7, 11) is 1.70. The largest absolute Gasteiger partial charge is 0.497 e. The zero-order valence-electron chi connectivity index (χ0n) is 12.9. The van der Waals surface area contributed by atoms with Crippen LogP contribution in [-0.2, 0) is 0 Å². The van der Waals surface area contributed by atoms with Crippen molar-refractivity contribution in [2.24, 2.45) is 0 Å². The summed E-state index contributed by atoms with van der Waals surface area (Å²) >= 11 is 0. The molecule has 2 heteroatoms. The average Bonchev–Trinajstić information content (AvgIpc) is 2.78. The molecule has 0 saturated carbocycles. The lowest BCUT2D eigenvalue weighted by Crippen LogP contribution is -1.96. The predicted octanol–water partition coefficient (Wildman–Crippen LogP) is 5.34. The van der Waals surface area contributed by atoms with Gasteiger partial charge >= 0.3 is 0 Å². The summed E-state index contributed by atoms with van der Waals surface area (Å²) in [6.45, 7) is 0. The monoisotopic (exact) mass is 299 g/mol. The molecular formula is C21H17NO. The molecule has 0 aromatic heterocycles. The van der Waals surface area contributed by atoms with Gasteiger partial charge in [0.15, 0.2) is 0 Å². The van der Waals surface area contributed by atoms with Crippen LogP contribution in [0.5, 0.6) is 5.75 Å². The molecule has 112 valence electrons. The molecule has 3 aromatic carbocycles. The number of benzene rings is 3.